The van der Waals surface area contributed by atoms with Gasteiger partial charge in [-0.05, 0) is 129 Å². The molecule has 2 aliphatic heterocycles. The summed E-state index contributed by atoms with van der Waals surface area (Å²) < 4.78 is 24.2. The fourth-order valence-electron chi connectivity index (χ4n) is 13.9. The van der Waals surface area contributed by atoms with E-state index in [-0.39, 0.29) is 41.2 Å². The van der Waals surface area contributed by atoms with E-state index in [1.54, 1.807) is 20.9 Å². The number of hydrogen-bond acceptors (Lipinski definition) is 9. The third-order valence-corrected chi connectivity index (χ3v) is 16.3. The molecule has 0 aromatic heterocycles. The van der Waals surface area contributed by atoms with Gasteiger partial charge in [0.15, 0.2) is 6.29 Å². The molecule has 7 rings (SSSR count). The Morgan fingerprint density at radius 3 is 2.40 bits per heavy atom. The van der Waals surface area contributed by atoms with Crippen LogP contribution in [0, 0.1) is 57.2 Å². The minimum Gasteiger partial charge on any atom is -0.443 e. The fourth-order valence-corrected chi connectivity index (χ4v) is 13.9. The van der Waals surface area contributed by atoms with E-state index in [1.807, 2.05) is 0 Å². The van der Waals surface area contributed by atoms with Gasteiger partial charge >= 0.3 is 6.09 Å². The number of ether oxygens (including phenoxy) is 4. The summed E-state index contributed by atoms with van der Waals surface area (Å²) in [6.45, 7) is 20.0. The van der Waals surface area contributed by atoms with E-state index in [4.69, 9.17) is 24.1 Å². The van der Waals surface area contributed by atoms with Crippen molar-refractivity contribution >= 4 is 6.09 Å². The number of fused-ring (bicyclic) bond motifs is 2. The van der Waals surface area contributed by atoms with Gasteiger partial charge in [-0.15, -0.1) is 0 Å². The highest BCUT2D eigenvalue weighted by Crippen LogP contribution is 2.89. The molecule has 0 bridgehead atoms. The quantitative estimate of drug-likeness (QED) is 0.255. The standard InChI is InChI=1S/C39H66N2O7.CH4O/c1-23(9-12-31(36(5,6)44)48-34(43)40-8)33-28(42)19-27-26-10-11-29-35(3,4)30(47-32-20-41(17-18-46-32)25-21-45-22-25)13-14-39(29)24(2)38(26,39)16-15-37(27,33)7;1-2/h23-33,42,44H,9-22H2,1-8H3,(H,40,43);2H,1H3/t23-,24+,26+,27?,28-,29?,30+,31+,32?,33+,37+,38+,39?;/m1./s1. The summed E-state index contributed by atoms with van der Waals surface area (Å²) in [5.74, 6) is 3.06. The van der Waals surface area contributed by atoms with Gasteiger partial charge in [0.2, 0.25) is 0 Å². The molecule has 0 aromatic carbocycles. The zero-order valence-corrected chi connectivity index (χ0v) is 32.6. The minimum atomic E-state index is -1.13. The molecule has 10 nitrogen and oxygen atoms in total. The first kappa shape index (κ1) is 38.7. The van der Waals surface area contributed by atoms with Crippen molar-refractivity contribution in [1.82, 2.24) is 10.2 Å². The van der Waals surface area contributed by atoms with Crippen LogP contribution in [0.15, 0.2) is 0 Å². The van der Waals surface area contributed by atoms with Gasteiger partial charge in [-0.2, -0.15) is 0 Å². The van der Waals surface area contributed by atoms with E-state index < -0.39 is 17.8 Å². The molecule has 2 heterocycles. The van der Waals surface area contributed by atoms with Crippen molar-refractivity contribution in [2.75, 3.05) is 47.1 Å². The van der Waals surface area contributed by atoms with E-state index >= 15 is 0 Å². The van der Waals surface area contributed by atoms with Crippen molar-refractivity contribution < 1.29 is 39.1 Å². The average molecular weight is 707 g/mol. The van der Waals surface area contributed by atoms with Gasteiger partial charge in [0, 0.05) is 20.7 Å². The Morgan fingerprint density at radius 2 is 1.76 bits per heavy atom. The molecular formula is C40H70N2O8. The summed E-state index contributed by atoms with van der Waals surface area (Å²) in [5.41, 5.74) is -0.174. The number of carbonyl (C=O) groups is 1. The van der Waals surface area contributed by atoms with Crippen LogP contribution < -0.4 is 5.32 Å². The van der Waals surface area contributed by atoms with E-state index in [0.717, 1.165) is 65.2 Å². The van der Waals surface area contributed by atoms with Crippen molar-refractivity contribution in [2.24, 2.45) is 57.2 Å². The van der Waals surface area contributed by atoms with Crippen LogP contribution in [-0.4, -0.2) is 110 Å². The number of nitrogens with one attached hydrogen (secondary N) is 1. The second-order valence-corrected chi connectivity index (χ2v) is 18.8. The summed E-state index contributed by atoms with van der Waals surface area (Å²) in [5, 5.41) is 32.1. The number of carbonyl (C=O) groups excluding carboxylic acids is 1. The van der Waals surface area contributed by atoms with Crippen molar-refractivity contribution in [3.63, 3.8) is 0 Å². The Hall–Kier alpha value is -1.01. The molecule has 7 fully saturated rings. The lowest BCUT2D eigenvalue weighted by Crippen LogP contribution is -2.58. The lowest BCUT2D eigenvalue weighted by molar-refractivity contribution is -0.254. The molecule has 2 saturated heterocycles. The summed E-state index contributed by atoms with van der Waals surface area (Å²) in [6.07, 6.45) is 8.28. The fraction of sp³-hybridized carbons (Fsp3) is 0.975. The van der Waals surface area contributed by atoms with Crippen LogP contribution in [-0.2, 0) is 18.9 Å². The topological polar surface area (TPSA) is 130 Å². The predicted octanol–water partition coefficient (Wildman–Crippen LogP) is 5.21. The van der Waals surface area contributed by atoms with Crippen LogP contribution in [0.2, 0.25) is 0 Å². The Bertz CT molecular complexity index is 1210. The summed E-state index contributed by atoms with van der Waals surface area (Å²) >= 11 is 0. The third-order valence-electron chi connectivity index (χ3n) is 16.3. The van der Waals surface area contributed by atoms with E-state index in [2.05, 4.69) is 44.8 Å². The number of alkyl carbamates (subject to hydrolysis) is 1. The maximum absolute atomic E-state index is 12.0. The molecule has 4 unspecified atom stereocenters. The van der Waals surface area contributed by atoms with E-state index in [1.165, 1.54) is 32.1 Å². The number of amides is 1. The smallest absolute Gasteiger partial charge is 0.407 e. The highest BCUT2D eigenvalue weighted by Gasteiger charge is 2.84. The zero-order chi connectivity index (χ0) is 36.4. The summed E-state index contributed by atoms with van der Waals surface area (Å²) in [7, 11) is 2.54. The number of rotatable bonds is 9. The number of hydrogen-bond donors (Lipinski definition) is 4. The predicted molar refractivity (Wildman–Crippen MR) is 191 cm³/mol. The van der Waals surface area contributed by atoms with Crippen molar-refractivity contribution in [3.05, 3.63) is 0 Å². The molecule has 7 aliphatic rings. The molecule has 13 atom stereocenters. The Kier molecular flexibility index (Phi) is 10.8. The first-order chi connectivity index (χ1) is 23.6. The van der Waals surface area contributed by atoms with Crippen LogP contribution >= 0.6 is 0 Å². The lowest BCUT2D eigenvalue weighted by Gasteiger charge is -2.60. The van der Waals surface area contributed by atoms with Gasteiger partial charge in [-0.1, -0.05) is 34.6 Å². The van der Waals surface area contributed by atoms with Crippen LogP contribution in [0.1, 0.15) is 106 Å². The Balaban J connectivity index is 0.00000212. The first-order valence-corrected chi connectivity index (χ1v) is 19.9. The largest absolute Gasteiger partial charge is 0.443 e. The first-order valence-electron chi connectivity index (χ1n) is 19.9. The number of morpholine rings is 1. The average Bonchev–Trinajstić information content (AvgIpc) is 3.44. The molecule has 50 heavy (non-hydrogen) atoms. The molecule has 10 heteroatoms. The summed E-state index contributed by atoms with van der Waals surface area (Å²) in [6, 6.07) is 0.520. The van der Waals surface area contributed by atoms with Crippen LogP contribution in [0.5, 0.6) is 0 Å². The molecule has 4 N–H and O–H groups in total. The monoisotopic (exact) mass is 707 g/mol. The number of aliphatic hydroxyl groups is 3. The second-order valence-electron chi connectivity index (χ2n) is 18.8. The maximum atomic E-state index is 12.0. The van der Waals surface area contributed by atoms with Crippen LogP contribution in [0.4, 0.5) is 4.79 Å². The Morgan fingerprint density at radius 1 is 1.04 bits per heavy atom. The van der Waals surface area contributed by atoms with E-state index in [9.17, 15) is 15.0 Å². The zero-order valence-electron chi connectivity index (χ0n) is 32.6. The van der Waals surface area contributed by atoms with Gasteiger partial charge in [0.25, 0.3) is 0 Å². The SMILES string of the molecule is CNC(=O)O[C@@H](CC[C@@H](C)[C@H]1[C@H](O)CC2[C@@H]3CCC4C(C)(C)[C@@H](OC5CN(C6COC6)CCO5)CCC45[C@@H](C)[C@@]35CC[C@@]21C)C(C)(C)O.CO. The highest BCUT2D eigenvalue weighted by atomic mass is 16.7. The van der Waals surface area contributed by atoms with Gasteiger partial charge in [0.05, 0.1) is 50.2 Å². The molecular weight excluding hydrogens is 636 g/mol. The minimum absolute atomic E-state index is 0.0902. The van der Waals surface area contributed by atoms with Gasteiger partial charge in [0.1, 0.15) is 6.10 Å². The third kappa shape index (κ3) is 5.97. The van der Waals surface area contributed by atoms with Crippen molar-refractivity contribution in [1.29, 1.82) is 0 Å². The number of aliphatic hydroxyl groups excluding tert-OH is 2. The van der Waals surface area contributed by atoms with Crippen LogP contribution in [0.3, 0.4) is 0 Å². The highest BCUT2D eigenvalue weighted by molar-refractivity contribution is 5.67. The van der Waals surface area contributed by atoms with Crippen molar-refractivity contribution in [3.8, 4) is 0 Å². The molecule has 5 aliphatic carbocycles. The lowest BCUT2D eigenvalue weighted by atomic mass is 9.46. The number of nitrogens with zero attached hydrogens (tertiary/aromatic N) is 1. The Labute approximate surface area is 301 Å². The second kappa shape index (κ2) is 14.0. The molecule has 0 radical (unpaired) electrons. The van der Waals surface area contributed by atoms with Crippen LogP contribution in [0.25, 0.3) is 0 Å². The van der Waals surface area contributed by atoms with Crippen molar-refractivity contribution in [2.45, 2.75) is 142 Å². The maximum Gasteiger partial charge on any atom is 0.407 e. The van der Waals surface area contributed by atoms with Gasteiger partial charge in [-0.25, -0.2) is 4.79 Å². The normalized spacial score (nSPS) is 44.9. The summed E-state index contributed by atoms with van der Waals surface area (Å²) in [4.78, 5) is 14.6. The molecule has 288 valence electrons. The molecule has 1 amide bonds. The van der Waals surface area contributed by atoms with Gasteiger partial charge in [-0.3, -0.25) is 4.90 Å². The molecule has 5 saturated carbocycles. The van der Waals surface area contributed by atoms with E-state index in [0.29, 0.717) is 41.0 Å². The molecule has 0 aromatic rings. The van der Waals surface area contributed by atoms with Gasteiger partial charge < -0.3 is 39.6 Å². The molecule has 2 spiro atoms.